The lowest BCUT2D eigenvalue weighted by Crippen LogP contribution is -2.33. The largest absolute Gasteiger partial charge is 0.505 e. The van der Waals surface area contributed by atoms with Crippen LogP contribution in [0, 0.1) is 0 Å². The Morgan fingerprint density at radius 1 is 0.458 bits per heavy atom. The fraction of sp³-hybridized carbons (Fsp3) is 0.0678. The predicted octanol–water partition coefficient (Wildman–Crippen LogP) is 12.5. The number of phenolic OH excluding ortho intramolecular Hbond substituents is 2. The molecule has 356 valence electrons. The Bertz CT molecular complexity index is 3220. The summed E-state index contributed by atoms with van der Waals surface area (Å²) in [6, 6.07) is 56.8. The first kappa shape index (κ1) is 48.3. The second-order valence-electron chi connectivity index (χ2n) is 16.4. The first-order valence-corrected chi connectivity index (χ1v) is 23.6. The van der Waals surface area contributed by atoms with Crippen LogP contribution in [0.2, 0.25) is 10.0 Å². The number of ether oxygens (including phenoxy) is 2. The van der Waals surface area contributed by atoms with Gasteiger partial charge in [0.25, 0.3) is 11.8 Å². The van der Waals surface area contributed by atoms with Gasteiger partial charge in [0.2, 0.25) is 0 Å². The third kappa shape index (κ3) is 11.5. The number of nitrogens with zero attached hydrogens (tertiary/aromatic N) is 3. The minimum absolute atomic E-state index is 0.0311. The maximum Gasteiger partial charge on any atom is 0.258 e. The summed E-state index contributed by atoms with van der Waals surface area (Å²) >= 11 is 13.1. The van der Waals surface area contributed by atoms with Gasteiger partial charge in [-0.15, -0.1) is 0 Å². The molecule has 3 heterocycles. The van der Waals surface area contributed by atoms with E-state index in [0.717, 1.165) is 33.4 Å². The van der Waals surface area contributed by atoms with Gasteiger partial charge in [0, 0.05) is 46.7 Å². The average Bonchev–Trinajstić information content (AvgIpc) is 3.44. The van der Waals surface area contributed by atoms with Crippen molar-refractivity contribution in [2.75, 3.05) is 13.2 Å². The maximum absolute atomic E-state index is 13.0. The Kier molecular flexibility index (Phi) is 15.3. The van der Waals surface area contributed by atoms with Gasteiger partial charge in [-0.25, -0.2) is 0 Å². The van der Waals surface area contributed by atoms with Crippen LogP contribution < -0.4 is 20.1 Å². The Morgan fingerprint density at radius 3 is 1.25 bits per heavy atom. The van der Waals surface area contributed by atoms with Crippen molar-refractivity contribution in [1.82, 2.24) is 25.6 Å². The molecular formula is C59H45Cl2N5O6. The predicted molar refractivity (Wildman–Crippen MR) is 282 cm³/mol. The SMILES string of the molecule is O=C(COc1ccccc1)NC(c1ccc(-c2ccccc2)cc1)c1cc(Cl)c2cccnc2c1O.O=C(COc1ccccc1)NC(c1ccc(-c2ccncc2)cc1)c1cc(Cl)c2cccnc2c1O. The number of aromatic hydroxyl groups is 2. The molecule has 0 spiro atoms. The van der Waals surface area contributed by atoms with Gasteiger partial charge >= 0.3 is 0 Å². The molecule has 0 bridgehead atoms. The number of nitrogens with one attached hydrogen (secondary N) is 2. The molecule has 72 heavy (non-hydrogen) atoms. The number of halogens is 2. The number of rotatable bonds is 14. The van der Waals surface area contributed by atoms with Gasteiger partial charge in [-0.3, -0.25) is 24.5 Å². The number of hydrogen-bond acceptors (Lipinski definition) is 9. The van der Waals surface area contributed by atoms with E-state index in [1.54, 1.807) is 85.5 Å². The van der Waals surface area contributed by atoms with E-state index in [9.17, 15) is 19.8 Å². The molecule has 0 aliphatic carbocycles. The zero-order valence-electron chi connectivity index (χ0n) is 38.4. The monoisotopic (exact) mass is 989 g/mol. The zero-order chi connectivity index (χ0) is 49.8. The molecule has 13 heteroatoms. The number of amides is 2. The van der Waals surface area contributed by atoms with Gasteiger partial charge in [-0.2, -0.15) is 0 Å². The summed E-state index contributed by atoms with van der Waals surface area (Å²) in [6.45, 7) is -0.362. The number of fused-ring (bicyclic) bond motifs is 2. The number of carbonyl (C=O) groups excluding carboxylic acids is 2. The minimum Gasteiger partial charge on any atom is -0.505 e. The van der Waals surface area contributed by atoms with Crippen LogP contribution in [0.3, 0.4) is 0 Å². The molecule has 0 radical (unpaired) electrons. The number of hydrogen-bond donors (Lipinski definition) is 4. The number of aromatic nitrogens is 3. The second-order valence-corrected chi connectivity index (χ2v) is 17.3. The van der Waals surface area contributed by atoms with Crippen molar-refractivity contribution < 1.29 is 29.3 Å². The smallest absolute Gasteiger partial charge is 0.258 e. The molecule has 4 N–H and O–H groups in total. The van der Waals surface area contributed by atoms with Crippen molar-refractivity contribution in [2.45, 2.75) is 12.1 Å². The third-order valence-electron chi connectivity index (χ3n) is 11.8. The fourth-order valence-electron chi connectivity index (χ4n) is 8.18. The van der Waals surface area contributed by atoms with Crippen molar-refractivity contribution in [1.29, 1.82) is 0 Å². The first-order valence-electron chi connectivity index (χ1n) is 22.8. The number of pyridine rings is 3. The Morgan fingerprint density at radius 2 is 0.833 bits per heavy atom. The van der Waals surface area contributed by atoms with Crippen molar-refractivity contribution in [3.8, 4) is 45.3 Å². The van der Waals surface area contributed by atoms with Crippen LogP contribution in [-0.4, -0.2) is 50.2 Å². The van der Waals surface area contributed by atoms with Crippen LogP contribution in [-0.2, 0) is 9.59 Å². The normalized spacial score (nSPS) is 11.7. The van der Waals surface area contributed by atoms with Crippen LogP contribution in [0.5, 0.6) is 23.0 Å². The Labute approximate surface area is 425 Å². The molecule has 0 saturated carbocycles. The molecule has 10 aromatic rings. The molecular weight excluding hydrogens is 946 g/mol. The van der Waals surface area contributed by atoms with Crippen LogP contribution in [0.1, 0.15) is 34.3 Å². The zero-order valence-corrected chi connectivity index (χ0v) is 39.9. The topological polar surface area (TPSA) is 156 Å². The fourth-order valence-corrected chi connectivity index (χ4v) is 8.72. The number of para-hydroxylation sites is 2. The van der Waals surface area contributed by atoms with E-state index in [1.165, 1.54) is 0 Å². The van der Waals surface area contributed by atoms with E-state index in [1.807, 2.05) is 127 Å². The highest BCUT2D eigenvalue weighted by Crippen LogP contribution is 2.40. The molecule has 0 aliphatic rings. The highest BCUT2D eigenvalue weighted by atomic mass is 35.5. The molecule has 0 saturated heterocycles. The van der Waals surface area contributed by atoms with E-state index in [-0.39, 0.29) is 36.5 Å². The number of carbonyl (C=O) groups is 2. The number of benzene rings is 7. The van der Waals surface area contributed by atoms with Crippen LogP contribution in [0.25, 0.3) is 44.1 Å². The van der Waals surface area contributed by atoms with E-state index >= 15 is 0 Å². The van der Waals surface area contributed by atoms with Crippen LogP contribution in [0.15, 0.2) is 213 Å². The third-order valence-corrected chi connectivity index (χ3v) is 12.4. The summed E-state index contributed by atoms with van der Waals surface area (Å²) in [5.74, 6) is 0.425. The maximum atomic E-state index is 13.0. The standard InChI is InChI=1S/C30H23ClN2O3.C29H22ClN3O3/c31-26-18-25(30(35)29-24(26)12-7-17-32-29)28(33-27(34)19-36-23-10-5-2-6-11-23)22-15-13-21(14-16-22)20-8-3-1-4-9-20;30-25-17-24(29(35)28-23(25)7-4-14-32-28)27(33-26(34)18-36-22-5-2-1-3-6-22)21-10-8-19(9-11-21)20-12-15-31-16-13-20/h1-18,28,35H,19H2,(H,33,34);1-17,27,35H,18H2,(H,33,34). The first-order chi connectivity index (χ1) is 35.2. The van der Waals surface area contributed by atoms with Crippen molar-refractivity contribution >= 4 is 56.8 Å². The van der Waals surface area contributed by atoms with E-state index < -0.39 is 12.1 Å². The summed E-state index contributed by atoms with van der Waals surface area (Å²) in [5, 5.41) is 30.4. The van der Waals surface area contributed by atoms with Gasteiger partial charge in [0.05, 0.1) is 22.1 Å². The lowest BCUT2D eigenvalue weighted by Gasteiger charge is -2.22. The summed E-state index contributed by atoms with van der Waals surface area (Å²) < 4.78 is 11.3. The summed E-state index contributed by atoms with van der Waals surface area (Å²) in [6.07, 6.45) is 6.66. The average molecular weight is 991 g/mol. The molecule has 11 nitrogen and oxygen atoms in total. The summed E-state index contributed by atoms with van der Waals surface area (Å²) in [5.41, 5.74) is 7.33. The Balaban J connectivity index is 0.000000178. The lowest BCUT2D eigenvalue weighted by molar-refractivity contribution is -0.124. The Hall–Kier alpha value is -8.77. The molecule has 2 atom stereocenters. The van der Waals surface area contributed by atoms with Gasteiger partial charge in [0.15, 0.2) is 13.2 Å². The molecule has 2 amide bonds. The van der Waals surface area contributed by atoms with E-state index in [2.05, 4.69) is 25.6 Å². The van der Waals surface area contributed by atoms with E-state index in [0.29, 0.717) is 54.5 Å². The molecule has 2 unspecified atom stereocenters. The molecule has 0 aliphatic heterocycles. The highest BCUT2D eigenvalue weighted by molar-refractivity contribution is 6.36. The highest BCUT2D eigenvalue weighted by Gasteiger charge is 2.26. The molecule has 3 aromatic heterocycles. The van der Waals surface area contributed by atoms with Crippen LogP contribution in [0.4, 0.5) is 0 Å². The summed E-state index contributed by atoms with van der Waals surface area (Å²) in [7, 11) is 0. The molecule has 7 aromatic carbocycles. The van der Waals surface area contributed by atoms with Crippen molar-refractivity contribution in [3.63, 3.8) is 0 Å². The van der Waals surface area contributed by atoms with Crippen LogP contribution >= 0.6 is 23.2 Å². The quantitative estimate of drug-likeness (QED) is 0.0833. The molecule has 10 rings (SSSR count). The lowest BCUT2D eigenvalue weighted by atomic mass is 9.94. The van der Waals surface area contributed by atoms with Crippen molar-refractivity contribution in [3.05, 3.63) is 245 Å². The minimum atomic E-state index is -0.688. The second kappa shape index (κ2) is 22.8. The number of phenols is 2. The van der Waals surface area contributed by atoms with E-state index in [4.69, 9.17) is 32.7 Å². The van der Waals surface area contributed by atoms with Crippen molar-refractivity contribution in [2.24, 2.45) is 0 Å². The summed E-state index contributed by atoms with van der Waals surface area (Å²) in [4.78, 5) is 38.6. The van der Waals surface area contributed by atoms with Gasteiger partial charge in [0.1, 0.15) is 34.0 Å². The van der Waals surface area contributed by atoms with Gasteiger partial charge in [-0.1, -0.05) is 138 Å². The van der Waals surface area contributed by atoms with Gasteiger partial charge < -0.3 is 30.3 Å². The van der Waals surface area contributed by atoms with Gasteiger partial charge in [-0.05, 0) is 106 Å². The molecule has 0 fully saturated rings.